The van der Waals surface area contributed by atoms with Gasteiger partial charge in [-0.15, -0.1) is 0 Å². The summed E-state index contributed by atoms with van der Waals surface area (Å²) in [7, 11) is 3.10. The molecule has 1 aromatic heterocycles. The van der Waals surface area contributed by atoms with Crippen molar-refractivity contribution in [2.24, 2.45) is 14.1 Å². The van der Waals surface area contributed by atoms with E-state index in [0.717, 1.165) is 23.2 Å². The molecular weight excluding hydrogens is 330 g/mol. The van der Waals surface area contributed by atoms with Gasteiger partial charge in [-0.1, -0.05) is 24.3 Å². The van der Waals surface area contributed by atoms with Crippen LogP contribution < -0.4 is 21.9 Å². The van der Waals surface area contributed by atoms with E-state index in [9.17, 15) is 9.59 Å². The molecule has 1 aliphatic rings. The fraction of sp³-hybridized carbons (Fsp3) is 0.474. The summed E-state index contributed by atoms with van der Waals surface area (Å²) in [6.45, 7) is 5.27. The monoisotopic (exact) mass is 357 g/mol. The quantitative estimate of drug-likeness (QED) is 0.865. The lowest BCUT2D eigenvalue weighted by Gasteiger charge is -2.31. The van der Waals surface area contributed by atoms with E-state index < -0.39 is 5.69 Å². The Morgan fingerprint density at radius 1 is 1.08 bits per heavy atom. The van der Waals surface area contributed by atoms with Gasteiger partial charge in [-0.05, 0) is 44.0 Å². The van der Waals surface area contributed by atoms with Gasteiger partial charge in [0.25, 0.3) is 5.56 Å². The number of nitrogens with two attached hydrogens (primary N) is 1. The Morgan fingerprint density at radius 2 is 1.73 bits per heavy atom. The largest absolute Gasteiger partial charge is 0.383 e. The molecule has 26 heavy (non-hydrogen) atoms. The minimum absolute atomic E-state index is 0.214. The fourth-order valence-electron chi connectivity index (χ4n) is 3.50. The second kappa shape index (κ2) is 7.37. The van der Waals surface area contributed by atoms with Crippen LogP contribution in [-0.2, 0) is 20.6 Å². The van der Waals surface area contributed by atoms with Gasteiger partial charge < -0.3 is 10.6 Å². The Balaban J connectivity index is 2.07. The SMILES string of the molecule is Cc1ccccc1CN(CN1CCCC1)c1c(N)n(C)c(=O)n(C)c1=O. The molecule has 140 valence electrons. The maximum Gasteiger partial charge on any atom is 0.332 e. The topological polar surface area (TPSA) is 76.5 Å². The zero-order chi connectivity index (χ0) is 18.8. The molecule has 2 heterocycles. The van der Waals surface area contributed by atoms with Gasteiger partial charge in [0.15, 0.2) is 0 Å². The summed E-state index contributed by atoms with van der Waals surface area (Å²) >= 11 is 0. The van der Waals surface area contributed by atoms with E-state index in [-0.39, 0.29) is 11.4 Å². The lowest BCUT2D eigenvalue weighted by Crippen LogP contribution is -2.45. The first-order chi connectivity index (χ1) is 12.4. The van der Waals surface area contributed by atoms with Crippen LogP contribution in [0, 0.1) is 6.92 Å². The third kappa shape index (κ3) is 3.39. The van der Waals surface area contributed by atoms with Crippen LogP contribution in [0.5, 0.6) is 0 Å². The van der Waals surface area contributed by atoms with Gasteiger partial charge in [-0.3, -0.25) is 18.8 Å². The van der Waals surface area contributed by atoms with E-state index >= 15 is 0 Å². The maximum absolute atomic E-state index is 12.9. The third-order valence-corrected chi connectivity index (χ3v) is 5.19. The molecule has 3 rings (SSSR count). The number of hydrogen-bond donors (Lipinski definition) is 1. The highest BCUT2D eigenvalue weighted by atomic mass is 16.2. The summed E-state index contributed by atoms with van der Waals surface area (Å²) in [6.07, 6.45) is 2.33. The summed E-state index contributed by atoms with van der Waals surface area (Å²) in [4.78, 5) is 29.3. The predicted molar refractivity (Wildman–Crippen MR) is 104 cm³/mol. The average Bonchev–Trinajstić information content (AvgIpc) is 3.13. The van der Waals surface area contributed by atoms with Gasteiger partial charge in [-0.2, -0.15) is 0 Å². The number of anilines is 2. The molecule has 7 heteroatoms. The van der Waals surface area contributed by atoms with Crippen molar-refractivity contribution in [1.29, 1.82) is 0 Å². The van der Waals surface area contributed by atoms with Gasteiger partial charge in [-0.25, -0.2) is 4.79 Å². The molecule has 1 fully saturated rings. The van der Waals surface area contributed by atoms with Crippen molar-refractivity contribution in [2.45, 2.75) is 26.3 Å². The minimum Gasteiger partial charge on any atom is -0.383 e. The van der Waals surface area contributed by atoms with E-state index in [1.165, 1.54) is 30.0 Å². The van der Waals surface area contributed by atoms with E-state index in [1.54, 1.807) is 7.05 Å². The molecule has 1 aliphatic heterocycles. The Labute approximate surface area is 153 Å². The minimum atomic E-state index is -0.409. The van der Waals surface area contributed by atoms with E-state index in [0.29, 0.717) is 18.9 Å². The van der Waals surface area contributed by atoms with Gasteiger partial charge in [0.2, 0.25) is 0 Å². The van der Waals surface area contributed by atoms with Gasteiger partial charge >= 0.3 is 5.69 Å². The summed E-state index contributed by atoms with van der Waals surface area (Å²) in [5, 5.41) is 0. The summed E-state index contributed by atoms with van der Waals surface area (Å²) < 4.78 is 2.46. The number of nitrogens with zero attached hydrogens (tertiary/aromatic N) is 4. The predicted octanol–water partition coefficient (Wildman–Crippen LogP) is 1.03. The molecule has 0 spiro atoms. The van der Waals surface area contributed by atoms with E-state index in [2.05, 4.69) is 24.0 Å². The van der Waals surface area contributed by atoms with Crippen molar-refractivity contribution in [1.82, 2.24) is 14.0 Å². The highest BCUT2D eigenvalue weighted by molar-refractivity contribution is 5.62. The molecular formula is C19H27N5O2. The smallest absolute Gasteiger partial charge is 0.332 e. The maximum atomic E-state index is 12.9. The van der Waals surface area contributed by atoms with Crippen LogP contribution in [0.4, 0.5) is 11.5 Å². The van der Waals surface area contributed by atoms with Crippen LogP contribution in [-0.4, -0.2) is 33.8 Å². The number of likely N-dealkylation sites (tertiary alicyclic amines) is 1. The third-order valence-electron chi connectivity index (χ3n) is 5.19. The molecule has 0 aliphatic carbocycles. The molecule has 0 bridgehead atoms. The Kier molecular flexibility index (Phi) is 5.18. The van der Waals surface area contributed by atoms with E-state index in [4.69, 9.17) is 5.73 Å². The van der Waals surface area contributed by atoms with Gasteiger partial charge in [0, 0.05) is 20.6 Å². The van der Waals surface area contributed by atoms with Crippen molar-refractivity contribution < 1.29 is 0 Å². The zero-order valence-electron chi connectivity index (χ0n) is 15.7. The van der Waals surface area contributed by atoms with Crippen LogP contribution in [0.1, 0.15) is 24.0 Å². The van der Waals surface area contributed by atoms with Crippen LogP contribution in [0.3, 0.4) is 0 Å². The first kappa shape index (κ1) is 18.3. The molecule has 0 unspecified atom stereocenters. The van der Waals surface area contributed by atoms with Crippen molar-refractivity contribution in [3.05, 3.63) is 56.2 Å². The molecule has 2 aromatic rings. The second-order valence-electron chi connectivity index (χ2n) is 7.03. The number of aromatic nitrogens is 2. The lowest BCUT2D eigenvalue weighted by molar-refractivity contribution is 0.333. The van der Waals surface area contributed by atoms with Crippen LogP contribution in [0.15, 0.2) is 33.9 Å². The summed E-state index contributed by atoms with van der Waals surface area (Å²) in [5.74, 6) is 0.214. The van der Waals surface area contributed by atoms with Crippen LogP contribution in [0.25, 0.3) is 0 Å². The average molecular weight is 357 g/mol. The van der Waals surface area contributed by atoms with Crippen molar-refractivity contribution >= 4 is 11.5 Å². The second-order valence-corrected chi connectivity index (χ2v) is 7.03. The molecule has 1 saturated heterocycles. The molecule has 0 saturated carbocycles. The molecule has 0 radical (unpaired) electrons. The number of nitrogen functional groups attached to an aromatic ring is 1. The number of hydrogen-bond acceptors (Lipinski definition) is 5. The first-order valence-corrected chi connectivity index (χ1v) is 8.97. The zero-order valence-corrected chi connectivity index (χ0v) is 15.7. The molecule has 0 amide bonds. The van der Waals surface area contributed by atoms with Crippen molar-refractivity contribution in [3.8, 4) is 0 Å². The fourth-order valence-corrected chi connectivity index (χ4v) is 3.50. The summed E-state index contributed by atoms with van der Waals surface area (Å²) in [5.41, 5.74) is 8.15. The lowest BCUT2D eigenvalue weighted by atomic mass is 10.1. The Morgan fingerprint density at radius 3 is 2.38 bits per heavy atom. The molecule has 1 aromatic carbocycles. The van der Waals surface area contributed by atoms with Gasteiger partial charge in [0.05, 0.1) is 6.67 Å². The molecule has 2 N–H and O–H groups in total. The van der Waals surface area contributed by atoms with Crippen molar-refractivity contribution in [3.63, 3.8) is 0 Å². The van der Waals surface area contributed by atoms with E-state index in [1.807, 2.05) is 17.0 Å². The number of aryl methyl sites for hydroxylation is 1. The standard InChI is InChI=1S/C19H27N5O2/c1-14-8-4-5-9-15(14)12-24(13-23-10-6-7-11-23)16-17(20)21(2)19(26)22(3)18(16)25/h4-5,8-9H,6-7,10-13,20H2,1-3H3. The molecule has 0 atom stereocenters. The van der Waals surface area contributed by atoms with Crippen LogP contribution >= 0.6 is 0 Å². The molecule has 7 nitrogen and oxygen atoms in total. The Hall–Kier alpha value is -2.54. The Bertz CT molecular complexity index is 909. The highest BCUT2D eigenvalue weighted by Gasteiger charge is 2.23. The highest BCUT2D eigenvalue weighted by Crippen LogP contribution is 2.22. The number of benzene rings is 1. The van der Waals surface area contributed by atoms with Gasteiger partial charge in [0.1, 0.15) is 11.5 Å². The first-order valence-electron chi connectivity index (χ1n) is 8.97. The normalized spacial score (nSPS) is 14.7. The summed E-state index contributed by atoms with van der Waals surface area (Å²) in [6, 6.07) is 8.13. The van der Waals surface area contributed by atoms with Crippen LogP contribution in [0.2, 0.25) is 0 Å². The number of rotatable bonds is 5. The van der Waals surface area contributed by atoms with Crippen molar-refractivity contribution in [2.75, 3.05) is 30.4 Å².